The molecule has 168 valence electrons. The highest BCUT2D eigenvalue weighted by molar-refractivity contribution is 5.56. The Hall–Kier alpha value is -2.80. The van der Waals surface area contributed by atoms with E-state index in [0.717, 1.165) is 44.8 Å². The summed E-state index contributed by atoms with van der Waals surface area (Å²) in [5.74, 6) is 0.567. The summed E-state index contributed by atoms with van der Waals surface area (Å²) >= 11 is 0. The van der Waals surface area contributed by atoms with E-state index in [1.807, 2.05) is 16.8 Å². The molecule has 7 heteroatoms. The zero-order chi connectivity index (χ0) is 22.1. The van der Waals surface area contributed by atoms with Gasteiger partial charge in [0.2, 0.25) is 0 Å². The number of hydrogen-bond acceptors (Lipinski definition) is 5. The van der Waals surface area contributed by atoms with Gasteiger partial charge in [0.25, 0.3) is 0 Å². The summed E-state index contributed by atoms with van der Waals surface area (Å²) in [5.41, 5.74) is 4.59. The molecule has 32 heavy (non-hydrogen) atoms. The highest BCUT2D eigenvalue weighted by Crippen LogP contribution is 2.35. The van der Waals surface area contributed by atoms with Gasteiger partial charge in [-0.05, 0) is 60.4 Å². The van der Waals surface area contributed by atoms with E-state index in [-0.39, 0.29) is 11.9 Å². The maximum Gasteiger partial charge on any atom is 0.173 e. The maximum absolute atomic E-state index is 15.0. The summed E-state index contributed by atoms with van der Waals surface area (Å²) in [6.07, 6.45) is 4.57. The zero-order valence-corrected chi connectivity index (χ0v) is 18.9. The topological polar surface area (TPSA) is 50.1 Å². The Labute approximate surface area is 189 Å². The van der Waals surface area contributed by atoms with Crippen molar-refractivity contribution in [1.29, 1.82) is 0 Å². The minimum atomic E-state index is -0.285. The van der Waals surface area contributed by atoms with Crippen LogP contribution < -0.4 is 4.90 Å². The molecule has 1 saturated carbocycles. The van der Waals surface area contributed by atoms with Gasteiger partial charge in [-0.2, -0.15) is 0 Å². The number of aryl methyl sites for hydroxylation is 1. The van der Waals surface area contributed by atoms with E-state index in [2.05, 4.69) is 57.4 Å². The van der Waals surface area contributed by atoms with Gasteiger partial charge in [0.1, 0.15) is 11.9 Å². The highest BCUT2D eigenvalue weighted by Gasteiger charge is 2.34. The highest BCUT2D eigenvalue weighted by atomic mass is 19.1. The van der Waals surface area contributed by atoms with Gasteiger partial charge in [0.15, 0.2) is 5.82 Å². The zero-order valence-electron chi connectivity index (χ0n) is 18.9. The fourth-order valence-electron chi connectivity index (χ4n) is 5.28. The molecule has 0 spiro atoms. The van der Waals surface area contributed by atoms with Gasteiger partial charge in [0, 0.05) is 37.4 Å². The Bertz CT molecular complexity index is 1070. The molecule has 0 N–H and O–H groups in total. The lowest BCUT2D eigenvalue weighted by Crippen LogP contribution is -2.48. The smallest absolute Gasteiger partial charge is 0.173 e. The molecule has 1 aliphatic carbocycles. The van der Waals surface area contributed by atoms with E-state index >= 15 is 4.39 Å². The predicted octanol–water partition coefficient (Wildman–Crippen LogP) is 4.46. The van der Waals surface area contributed by atoms with Crippen molar-refractivity contribution in [2.45, 2.75) is 51.6 Å². The maximum atomic E-state index is 15.0. The lowest BCUT2D eigenvalue weighted by molar-refractivity contribution is 0.194. The summed E-state index contributed by atoms with van der Waals surface area (Å²) in [4.78, 5) is 4.79. The SMILES string of the molecule is Cc1cccc(N2CCN(C(c3ccccc3F)c3nnnn3C3CCCC3)CC2)c1C. The van der Waals surface area contributed by atoms with E-state index in [1.165, 1.54) is 29.7 Å². The first kappa shape index (κ1) is 21.1. The van der Waals surface area contributed by atoms with Crippen LogP contribution in [-0.4, -0.2) is 51.3 Å². The minimum absolute atomic E-state index is 0.199. The summed E-state index contributed by atoms with van der Waals surface area (Å²) in [6.45, 7) is 7.77. The number of tetrazole rings is 1. The second kappa shape index (κ2) is 8.98. The van der Waals surface area contributed by atoms with Crippen LogP contribution in [-0.2, 0) is 0 Å². The van der Waals surface area contributed by atoms with Crippen LogP contribution in [0.25, 0.3) is 0 Å². The summed E-state index contributed by atoms with van der Waals surface area (Å²) in [6, 6.07) is 13.6. The second-order valence-electron chi connectivity index (χ2n) is 9.09. The molecule has 2 aromatic carbocycles. The van der Waals surface area contributed by atoms with Gasteiger partial charge < -0.3 is 4.90 Å². The average Bonchev–Trinajstić information content (AvgIpc) is 3.50. The summed E-state index contributed by atoms with van der Waals surface area (Å²) in [7, 11) is 0. The molecule has 1 unspecified atom stereocenters. The molecule has 1 atom stereocenters. The molecule has 0 bridgehead atoms. The molecule has 1 aromatic heterocycles. The van der Waals surface area contributed by atoms with Crippen molar-refractivity contribution < 1.29 is 4.39 Å². The number of aromatic nitrogens is 4. The molecule has 1 aliphatic heterocycles. The van der Waals surface area contributed by atoms with E-state index in [0.29, 0.717) is 11.6 Å². The second-order valence-corrected chi connectivity index (χ2v) is 9.09. The number of rotatable bonds is 5. The molecule has 1 saturated heterocycles. The fourth-order valence-corrected chi connectivity index (χ4v) is 5.28. The van der Waals surface area contributed by atoms with Crippen LogP contribution in [0.1, 0.15) is 60.3 Å². The first-order valence-corrected chi connectivity index (χ1v) is 11.7. The Morgan fingerprint density at radius 3 is 2.44 bits per heavy atom. The van der Waals surface area contributed by atoms with Crippen LogP contribution in [0, 0.1) is 19.7 Å². The van der Waals surface area contributed by atoms with Crippen LogP contribution >= 0.6 is 0 Å². The molecule has 2 aliphatic rings. The number of benzene rings is 2. The molecule has 2 fully saturated rings. The van der Waals surface area contributed by atoms with Gasteiger partial charge in [-0.15, -0.1) is 5.10 Å². The Morgan fingerprint density at radius 1 is 0.938 bits per heavy atom. The first-order chi connectivity index (χ1) is 15.6. The third kappa shape index (κ3) is 3.90. The molecule has 2 heterocycles. The number of halogens is 1. The van der Waals surface area contributed by atoms with E-state index in [1.54, 1.807) is 12.1 Å². The van der Waals surface area contributed by atoms with Crippen molar-refractivity contribution >= 4 is 5.69 Å². The van der Waals surface area contributed by atoms with Crippen LogP contribution in [0.3, 0.4) is 0 Å². The summed E-state index contributed by atoms with van der Waals surface area (Å²) in [5, 5.41) is 12.8. The van der Waals surface area contributed by atoms with Gasteiger partial charge in [-0.3, -0.25) is 4.90 Å². The third-order valence-electron chi connectivity index (χ3n) is 7.23. The molecule has 0 amide bonds. The molecular formula is C25H31FN6. The van der Waals surface area contributed by atoms with Gasteiger partial charge >= 0.3 is 0 Å². The molecule has 6 nitrogen and oxygen atoms in total. The Morgan fingerprint density at radius 2 is 1.69 bits per heavy atom. The van der Waals surface area contributed by atoms with Gasteiger partial charge in [0.05, 0.1) is 6.04 Å². The molecule has 0 radical (unpaired) electrons. The predicted molar refractivity (Wildman–Crippen MR) is 123 cm³/mol. The standard InChI is InChI=1S/C25H31FN6/c1-18-8-7-13-23(19(18)2)30-14-16-31(17-15-30)24(21-11-5-6-12-22(21)26)25-27-28-29-32(25)20-9-3-4-10-20/h5-8,11-13,20,24H,3-4,9-10,14-17H2,1-2H3. The third-order valence-corrected chi connectivity index (χ3v) is 7.23. The van der Waals surface area contributed by atoms with Crippen molar-refractivity contribution in [2.75, 3.05) is 31.1 Å². The van der Waals surface area contributed by atoms with Gasteiger partial charge in [-0.1, -0.05) is 43.2 Å². The quantitative estimate of drug-likeness (QED) is 0.594. The average molecular weight is 435 g/mol. The molecule has 3 aromatic rings. The summed E-state index contributed by atoms with van der Waals surface area (Å²) < 4.78 is 17.0. The number of nitrogens with zero attached hydrogens (tertiary/aromatic N) is 6. The van der Waals surface area contributed by atoms with Crippen molar-refractivity contribution in [2.24, 2.45) is 0 Å². The number of anilines is 1. The monoisotopic (exact) mass is 434 g/mol. The van der Waals surface area contributed by atoms with Crippen LogP contribution in [0.2, 0.25) is 0 Å². The lowest BCUT2D eigenvalue weighted by atomic mass is 10.0. The van der Waals surface area contributed by atoms with Crippen molar-refractivity contribution in [1.82, 2.24) is 25.1 Å². The van der Waals surface area contributed by atoms with Crippen molar-refractivity contribution in [3.05, 3.63) is 70.8 Å². The van der Waals surface area contributed by atoms with E-state index in [4.69, 9.17) is 0 Å². The van der Waals surface area contributed by atoms with E-state index < -0.39 is 0 Å². The number of piperazine rings is 1. The van der Waals surface area contributed by atoms with Crippen molar-refractivity contribution in [3.8, 4) is 0 Å². The Balaban J connectivity index is 1.45. The normalized spacial score (nSPS) is 18.9. The van der Waals surface area contributed by atoms with Crippen LogP contribution in [0.15, 0.2) is 42.5 Å². The minimum Gasteiger partial charge on any atom is -0.369 e. The van der Waals surface area contributed by atoms with Crippen LogP contribution in [0.4, 0.5) is 10.1 Å². The van der Waals surface area contributed by atoms with Crippen molar-refractivity contribution in [3.63, 3.8) is 0 Å². The fraction of sp³-hybridized carbons (Fsp3) is 0.480. The number of hydrogen-bond donors (Lipinski definition) is 0. The Kier molecular flexibility index (Phi) is 5.91. The molecular weight excluding hydrogens is 403 g/mol. The first-order valence-electron chi connectivity index (χ1n) is 11.7. The lowest BCUT2D eigenvalue weighted by Gasteiger charge is -2.40. The largest absolute Gasteiger partial charge is 0.369 e. The van der Waals surface area contributed by atoms with E-state index in [9.17, 15) is 0 Å². The molecule has 5 rings (SSSR count). The van der Waals surface area contributed by atoms with Crippen LogP contribution in [0.5, 0.6) is 0 Å². The van der Waals surface area contributed by atoms with Gasteiger partial charge in [-0.25, -0.2) is 9.07 Å².